The molecular weight excluding hydrogens is 264 g/mol. The normalized spacial score (nSPS) is 12.8. The van der Waals surface area contributed by atoms with Crippen molar-refractivity contribution in [1.82, 2.24) is 10.6 Å². The van der Waals surface area contributed by atoms with Gasteiger partial charge in [0.2, 0.25) is 0 Å². The lowest BCUT2D eigenvalue weighted by Gasteiger charge is -2.25. The number of rotatable bonds is 10. The monoisotopic (exact) mass is 290 g/mol. The zero-order chi connectivity index (χ0) is 15.6. The Labute approximate surface area is 120 Å². The van der Waals surface area contributed by atoms with Crippen molar-refractivity contribution in [3.05, 3.63) is 0 Å². The highest BCUT2D eigenvalue weighted by Gasteiger charge is 2.22. The van der Waals surface area contributed by atoms with Crippen LogP contribution in [-0.2, 0) is 14.3 Å². The van der Waals surface area contributed by atoms with Crippen LogP contribution < -0.4 is 10.6 Å². The predicted octanol–water partition coefficient (Wildman–Crippen LogP) is 0.981. The second kappa shape index (κ2) is 9.55. The molecule has 0 aromatic heterocycles. The minimum absolute atomic E-state index is 0.303. The van der Waals surface area contributed by atoms with Gasteiger partial charge in [0.25, 0.3) is 0 Å². The van der Waals surface area contributed by atoms with E-state index in [1.807, 2.05) is 20.8 Å². The quantitative estimate of drug-likeness (QED) is 0.521. The number of amides is 2. The van der Waals surface area contributed by atoms with Gasteiger partial charge in [0, 0.05) is 26.9 Å². The highest BCUT2D eigenvalue weighted by atomic mass is 16.5. The Morgan fingerprint density at radius 3 is 2.50 bits per heavy atom. The van der Waals surface area contributed by atoms with Crippen LogP contribution in [0.15, 0.2) is 0 Å². The molecule has 0 heterocycles. The topological polar surface area (TPSA) is 96.9 Å². The highest BCUT2D eigenvalue weighted by Crippen LogP contribution is 2.06. The van der Waals surface area contributed by atoms with Crippen LogP contribution in [0, 0.1) is 0 Å². The van der Waals surface area contributed by atoms with E-state index in [0.717, 1.165) is 0 Å². The molecule has 0 aliphatic heterocycles. The second-order valence-electron chi connectivity index (χ2n) is 5.05. The Hall–Kier alpha value is -1.34. The smallest absolute Gasteiger partial charge is 0.326 e. The Balaban J connectivity index is 4.16. The van der Waals surface area contributed by atoms with Gasteiger partial charge in [0.15, 0.2) is 0 Å². The summed E-state index contributed by atoms with van der Waals surface area (Å²) in [5.41, 5.74) is -0.485. The number of hydrogen-bond donors (Lipinski definition) is 3. The van der Waals surface area contributed by atoms with Crippen LogP contribution in [0.4, 0.5) is 4.79 Å². The van der Waals surface area contributed by atoms with Crippen molar-refractivity contribution >= 4 is 12.0 Å². The molecule has 7 nitrogen and oxygen atoms in total. The Kier molecular flexibility index (Phi) is 8.91. The van der Waals surface area contributed by atoms with E-state index < -0.39 is 23.6 Å². The molecule has 0 aliphatic carbocycles. The fourth-order valence-electron chi connectivity index (χ4n) is 1.63. The van der Waals surface area contributed by atoms with Crippen molar-refractivity contribution in [3.63, 3.8) is 0 Å². The van der Waals surface area contributed by atoms with Crippen molar-refractivity contribution in [2.75, 3.05) is 26.9 Å². The van der Waals surface area contributed by atoms with E-state index in [-0.39, 0.29) is 0 Å². The van der Waals surface area contributed by atoms with Gasteiger partial charge in [-0.2, -0.15) is 0 Å². The van der Waals surface area contributed by atoms with E-state index in [0.29, 0.717) is 32.6 Å². The molecule has 0 bridgehead atoms. The van der Waals surface area contributed by atoms with Gasteiger partial charge in [-0.1, -0.05) is 0 Å². The van der Waals surface area contributed by atoms with E-state index >= 15 is 0 Å². The number of ether oxygens (including phenoxy) is 2. The molecule has 0 aliphatic rings. The average molecular weight is 290 g/mol. The summed E-state index contributed by atoms with van der Waals surface area (Å²) in [4.78, 5) is 22.7. The minimum Gasteiger partial charge on any atom is -0.480 e. The van der Waals surface area contributed by atoms with Crippen LogP contribution >= 0.6 is 0 Å². The molecule has 0 fully saturated rings. The molecule has 0 saturated carbocycles. The second-order valence-corrected chi connectivity index (χ2v) is 5.05. The number of carboxylic acids is 1. The van der Waals surface area contributed by atoms with Gasteiger partial charge in [0.1, 0.15) is 6.04 Å². The van der Waals surface area contributed by atoms with Crippen molar-refractivity contribution < 1.29 is 24.2 Å². The lowest BCUT2D eigenvalue weighted by atomic mass is 10.1. The molecule has 118 valence electrons. The lowest BCUT2D eigenvalue weighted by Crippen LogP contribution is -2.49. The number of urea groups is 1. The van der Waals surface area contributed by atoms with E-state index in [2.05, 4.69) is 10.6 Å². The van der Waals surface area contributed by atoms with Gasteiger partial charge in [-0.05, 0) is 33.6 Å². The molecule has 3 N–H and O–H groups in total. The first kappa shape index (κ1) is 18.7. The number of methoxy groups -OCH3 is 1. The molecule has 20 heavy (non-hydrogen) atoms. The van der Waals surface area contributed by atoms with Crippen LogP contribution in [0.3, 0.4) is 0 Å². The van der Waals surface area contributed by atoms with E-state index in [1.54, 1.807) is 7.11 Å². The van der Waals surface area contributed by atoms with Crippen LogP contribution in [-0.4, -0.2) is 55.6 Å². The summed E-state index contributed by atoms with van der Waals surface area (Å²) in [5, 5.41) is 14.1. The molecule has 0 aromatic carbocycles. The van der Waals surface area contributed by atoms with Crippen LogP contribution in [0.5, 0.6) is 0 Å². The van der Waals surface area contributed by atoms with E-state index in [1.165, 1.54) is 0 Å². The molecule has 0 radical (unpaired) electrons. The van der Waals surface area contributed by atoms with Crippen LogP contribution in [0.2, 0.25) is 0 Å². The predicted molar refractivity (Wildman–Crippen MR) is 74.8 cm³/mol. The first-order valence-electron chi connectivity index (χ1n) is 6.72. The zero-order valence-electron chi connectivity index (χ0n) is 12.7. The maximum atomic E-state index is 11.7. The number of carbonyl (C=O) groups excluding carboxylic acids is 1. The van der Waals surface area contributed by atoms with Gasteiger partial charge < -0.3 is 25.2 Å². The fraction of sp³-hybridized carbons (Fsp3) is 0.846. The van der Waals surface area contributed by atoms with Crippen LogP contribution in [0.25, 0.3) is 0 Å². The van der Waals surface area contributed by atoms with Crippen molar-refractivity contribution in [2.24, 2.45) is 0 Å². The van der Waals surface area contributed by atoms with Gasteiger partial charge in [-0.25, -0.2) is 9.59 Å². The first-order chi connectivity index (χ1) is 9.32. The summed E-state index contributed by atoms with van der Waals surface area (Å²) in [6, 6.07) is -1.43. The molecule has 7 heteroatoms. The van der Waals surface area contributed by atoms with Gasteiger partial charge >= 0.3 is 12.0 Å². The molecule has 1 unspecified atom stereocenters. The summed E-state index contributed by atoms with van der Waals surface area (Å²) in [6.45, 7) is 6.89. The van der Waals surface area contributed by atoms with E-state index in [9.17, 15) is 9.59 Å². The number of carbonyl (C=O) groups is 2. The molecule has 0 spiro atoms. The number of nitrogens with one attached hydrogen (secondary N) is 2. The summed E-state index contributed by atoms with van der Waals surface area (Å²) in [5.74, 6) is -1.06. The molecular formula is C13H26N2O5. The molecule has 2 amide bonds. The van der Waals surface area contributed by atoms with Crippen molar-refractivity contribution in [2.45, 2.75) is 45.3 Å². The Morgan fingerprint density at radius 1 is 1.35 bits per heavy atom. The molecule has 0 aromatic rings. The third kappa shape index (κ3) is 8.71. The SMILES string of the molecule is CCOC(C)(C)CNC(=O)NC(CCCOC)C(=O)O. The third-order valence-corrected chi connectivity index (χ3v) is 2.65. The fourth-order valence-corrected chi connectivity index (χ4v) is 1.63. The molecule has 0 saturated heterocycles. The number of aliphatic carboxylic acids is 1. The van der Waals surface area contributed by atoms with Crippen molar-refractivity contribution in [3.8, 4) is 0 Å². The molecule has 1 atom stereocenters. The largest absolute Gasteiger partial charge is 0.480 e. The standard InChI is InChI=1S/C13H26N2O5/c1-5-20-13(2,3)9-14-12(18)15-10(11(16)17)7-6-8-19-4/h10H,5-9H2,1-4H3,(H,16,17)(H2,14,15,18). The van der Waals surface area contributed by atoms with Gasteiger partial charge in [-0.15, -0.1) is 0 Å². The summed E-state index contributed by atoms with van der Waals surface area (Å²) in [6.07, 6.45) is 0.892. The first-order valence-corrected chi connectivity index (χ1v) is 6.72. The number of hydrogen-bond acceptors (Lipinski definition) is 4. The summed E-state index contributed by atoms with van der Waals surface area (Å²) in [7, 11) is 1.55. The van der Waals surface area contributed by atoms with Gasteiger partial charge in [-0.3, -0.25) is 0 Å². The Bertz CT molecular complexity index is 307. The average Bonchev–Trinajstić information content (AvgIpc) is 2.35. The van der Waals surface area contributed by atoms with E-state index in [4.69, 9.17) is 14.6 Å². The van der Waals surface area contributed by atoms with Crippen molar-refractivity contribution in [1.29, 1.82) is 0 Å². The zero-order valence-corrected chi connectivity index (χ0v) is 12.7. The Morgan fingerprint density at radius 2 is 2.00 bits per heavy atom. The minimum atomic E-state index is -1.06. The maximum absolute atomic E-state index is 11.7. The maximum Gasteiger partial charge on any atom is 0.326 e. The number of carboxylic acid groups (broad SMARTS) is 1. The summed E-state index contributed by atoms with van der Waals surface area (Å²) < 4.78 is 10.3. The van der Waals surface area contributed by atoms with Crippen LogP contribution in [0.1, 0.15) is 33.6 Å². The summed E-state index contributed by atoms with van der Waals surface area (Å²) >= 11 is 0. The lowest BCUT2D eigenvalue weighted by molar-refractivity contribution is -0.139. The van der Waals surface area contributed by atoms with Gasteiger partial charge in [0.05, 0.1) is 5.60 Å². The molecule has 0 rings (SSSR count). The highest BCUT2D eigenvalue weighted by molar-refractivity contribution is 5.82. The third-order valence-electron chi connectivity index (χ3n) is 2.65.